The van der Waals surface area contributed by atoms with Gasteiger partial charge >= 0.3 is 0 Å². The van der Waals surface area contributed by atoms with E-state index in [0.717, 1.165) is 17.1 Å². The zero-order valence-corrected chi connectivity index (χ0v) is 44.0. The van der Waals surface area contributed by atoms with Gasteiger partial charge in [-0.05, 0) is 149 Å². The molecule has 5 aliphatic rings. The van der Waals surface area contributed by atoms with E-state index in [1.807, 2.05) is 23.5 Å². The lowest BCUT2D eigenvalue weighted by Crippen LogP contribution is -2.32. The third-order valence-electron chi connectivity index (χ3n) is 17.9. The summed E-state index contributed by atoms with van der Waals surface area (Å²) in [5, 5.41) is 0. The van der Waals surface area contributed by atoms with Crippen LogP contribution in [0.1, 0.15) is 66.8 Å². The van der Waals surface area contributed by atoms with Crippen LogP contribution in [-0.4, -0.2) is 0 Å². The highest BCUT2D eigenvalue weighted by Crippen LogP contribution is 2.67. The Hall–Kier alpha value is -8.86. The lowest BCUT2D eigenvalue weighted by molar-refractivity contribution is 0.722. The van der Waals surface area contributed by atoms with E-state index in [2.05, 4.69) is 290 Å². The van der Waals surface area contributed by atoms with Crippen molar-refractivity contribution in [3.63, 3.8) is 0 Å². The Kier molecular flexibility index (Phi) is 9.41. The molecule has 1 nitrogen and oxygen atoms in total. The Morgan fingerprint density at radius 3 is 1.15 bits per heavy atom. The van der Waals surface area contributed by atoms with Crippen LogP contribution in [0.25, 0.3) is 33.4 Å². The summed E-state index contributed by atoms with van der Waals surface area (Å²) in [6.07, 6.45) is 0. The Labute approximate surface area is 463 Å². The van der Waals surface area contributed by atoms with Gasteiger partial charge in [0.15, 0.2) is 0 Å². The van der Waals surface area contributed by atoms with E-state index in [-0.39, 0.29) is 0 Å². The molecule has 12 aromatic carbocycles. The molecule has 0 unspecified atom stereocenters. The van der Waals surface area contributed by atoms with Crippen molar-refractivity contribution in [1.82, 2.24) is 0 Å². The zero-order valence-electron chi connectivity index (χ0n) is 42.4. The average Bonchev–Trinajstić information content (AvgIpc) is 3.98. The molecule has 0 amide bonds. The number of benzene rings is 12. The van der Waals surface area contributed by atoms with Gasteiger partial charge in [0.2, 0.25) is 0 Å². The number of hydrogen-bond acceptors (Lipinski definition) is 3. The van der Waals surface area contributed by atoms with Crippen LogP contribution >= 0.6 is 23.5 Å². The number of hydrogen-bond donors (Lipinski definition) is 0. The topological polar surface area (TPSA) is 3.24 Å². The predicted octanol–water partition coefficient (Wildman–Crippen LogP) is 19.2. The molecule has 3 heteroatoms. The van der Waals surface area contributed by atoms with Gasteiger partial charge < -0.3 is 4.90 Å². The summed E-state index contributed by atoms with van der Waals surface area (Å²) in [7, 11) is 0. The molecule has 0 aromatic heterocycles. The predicted molar refractivity (Wildman–Crippen MR) is 321 cm³/mol. The summed E-state index contributed by atoms with van der Waals surface area (Å²) in [5.74, 6) is 0. The van der Waals surface area contributed by atoms with Gasteiger partial charge in [-0.1, -0.05) is 254 Å². The van der Waals surface area contributed by atoms with Crippen LogP contribution in [0.4, 0.5) is 17.1 Å². The maximum atomic E-state index is 2.61. The Bertz CT molecular complexity index is 4350. The summed E-state index contributed by atoms with van der Waals surface area (Å²) in [6.45, 7) is 0. The molecule has 0 N–H and O–H groups in total. The number of fused-ring (bicyclic) bond motifs is 21. The van der Waals surface area contributed by atoms with Crippen LogP contribution in [0.5, 0.6) is 0 Å². The largest absolute Gasteiger partial charge is 0.310 e. The van der Waals surface area contributed by atoms with Crippen molar-refractivity contribution in [2.24, 2.45) is 0 Å². The lowest BCUT2D eigenvalue weighted by atomic mass is 9.67. The summed E-state index contributed by atoms with van der Waals surface area (Å²) in [5.41, 5.74) is 25.1. The summed E-state index contributed by atoms with van der Waals surface area (Å²) >= 11 is 3.79. The minimum absolute atomic E-state index is 0.489. The molecule has 17 rings (SSSR count). The molecule has 0 radical (unpaired) electrons. The molecule has 3 aliphatic carbocycles. The Morgan fingerprint density at radius 2 is 0.603 bits per heavy atom. The molecule has 2 spiro atoms. The minimum Gasteiger partial charge on any atom is -0.310 e. The Morgan fingerprint density at radius 1 is 0.231 bits per heavy atom. The summed E-state index contributed by atoms with van der Waals surface area (Å²) in [6, 6.07) is 108. The van der Waals surface area contributed by atoms with Crippen molar-refractivity contribution >= 4 is 40.6 Å². The second-order valence-electron chi connectivity index (χ2n) is 21.3. The molecule has 0 fully saturated rings. The first-order valence-corrected chi connectivity index (χ1v) is 28.7. The van der Waals surface area contributed by atoms with Crippen LogP contribution in [0.2, 0.25) is 0 Å². The van der Waals surface area contributed by atoms with Crippen LogP contribution < -0.4 is 4.90 Å². The monoisotopic (exact) mass is 1030 g/mol. The maximum absolute atomic E-state index is 2.61. The highest BCUT2D eigenvalue weighted by molar-refractivity contribution is 7.99. The second-order valence-corrected chi connectivity index (χ2v) is 23.5. The molecule has 2 aliphatic heterocycles. The zero-order chi connectivity index (χ0) is 51.2. The fourth-order valence-electron chi connectivity index (χ4n) is 15.1. The van der Waals surface area contributed by atoms with Crippen molar-refractivity contribution < 1.29 is 0 Å². The van der Waals surface area contributed by atoms with E-state index in [1.54, 1.807) is 0 Å². The van der Waals surface area contributed by atoms with E-state index in [4.69, 9.17) is 0 Å². The Balaban J connectivity index is 0.979. The highest BCUT2D eigenvalue weighted by Gasteiger charge is 2.53. The van der Waals surface area contributed by atoms with Gasteiger partial charge in [0.1, 0.15) is 0 Å². The first-order valence-electron chi connectivity index (χ1n) is 27.1. The molecule has 2 heterocycles. The molecule has 0 bridgehead atoms. The highest BCUT2D eigenvalue weighted by atomic mass is 32.2. The summed E-state index contributed by atoms with van der Waals surface area (Å²) in [4.78, 5) is 7.82. The summed E-state index contributed by atoms with van der Waals surface area (Å²) < 4.78 is 0. The van der Waals surface area contributed by atoms with Gasteiger partial charge in [-0.25, -0.2) is 0 Å². The molecule has 0 saturated heterocycles. The molecular formula is C75H47NS2. The molecule has 78 heavy (non-hydrogen) atoms. The number of nitrogens with zero attached hydrogens (tertiary/aromatic N) is 1. The SMILES string of the molecule is c1ccc(C2(c3ccccc3)c3ccccc3-c3ccc(N(c4ccc5c(c4)-c4ccccc4C54c5ccccc5Sc5ccccc54)c4cccc5c4-c4ccccc4C54c5ccccc5Sc5ccccc54)cc32)cc1. The second kappa shape index (κ2) is 16.6. The van der Waals surface area contributed by atoms with Gasteiger partial charge in [-0.3, -0.25) is 0 Å². The van der Waals surface area contributed by atoms with E-state index < -0.39 is 16.2 Å². The minimum atomic E-state index is -0.582. The molecule has 0 saturated carbocycles. The lowest BCUT2D eigenvalue weighted by Gasteiger charge is -2.40. The average molecular weight is 1030 g/mol. The van der Waals surface area contributed by atoms with Crippen molar-refractivity contribution in [2.45, 2.75) is 35.8 Å². The van der Waals surface area contributed by atoms with Crippen molar-refractivity contribution in [3.05, 3.63) is 352 Å². The fourth-order valence-corrected chi connectivity index (χ4v) is 17.4. The standard InChI is InChI=1S/C75H47NS2/c1-3-22-48(23-4-1)73(49-24-5-2-6-25-49)57-29-10-7-26-52(57)54-44-42-51(47-66(54)73)76(50-43-45-60-56(46-50)53-27-8-11-30-58(53)74(60)61-32-13-17-38-68(61)77-69-39-18-14-33-62(69)74)67-37-21-36-65-72(67)55-28-9-12-31-59(55)75(65)63-34-15-19-40-70(63)78-71-41-20-16-35-64(71)75/h1-47H. The van der Waals surface area contributed by atoms with Crippen molar-refractivity contribution in [1.29, 1.82) is 0 Å². The third-order valence-corrected chi connectivity index (χ3v) is 20.2. The van der Waals surface area contributed by atoms with Crippen LogP contribution in [0.3, 0.4) is 0 Å². The van der Waals surface area contributed by atoms with Gasteiger partial charge in [-0.2, -0.15) is 0 Å². The van der Waals surface area contributed by atoms with Gasteiger partial charge in [0.25, 0.3) is 0 Å². The van der Waals surface area contributed by atoms with Gasteiger partial charge in [-0.15, -0.1) is 0 Å². The van der Waals surface area contributed by atoms with Crippen molar-refractivity contribution in [3.8, 4) is 33.4 Å². The fraction of sp³-hybridized carbons (Fsp3) is 0.0400. The van der Waals surface area contributed by atoms with E-state index >= 15 is 0 Å². The smallest absolute Gasteiger partial charge is 0.0736 e. The molecule has 364 valence electrons. The van der Waals surface area contributed by atoms with E-state index in [9.17, 15) is 0 Å². The first kappa shape index (κ1) is 44.3. The van der Waals surface area contributed by atoms with E-state index in [1.165, 1.54) is 120 Å². The molecular weight excluding hydrogens is 979 g/mol. The van der Waals surface area contributed by atoms with E-state index in [0.29, 0.717) is 0 Å². The molecule has 12 aromatic rings. The van der Waals surface area contributed by atoms with Crippen LogP contribution in [0, 0.1) is 0 Å². The third kappa shape index (κ3) is 5.64. The first-order chi connectivity index (χ1) is 38.7. The number of anilines is 3. The van der Waals surface area contributed by atoms with Gasteiger partial charge in [0, 0.05) is 36.5 Å². The quantitative estimate of drug-likeness (QED) is 0.169. The van der Waals surface area contributed by atoms with Gasteiger partial charge in [0.05, 0.1) is 21.9 Å². The number of rotatable bonds is 5. The maximum Gasteiger partial charge on any atom is 0.0736 e. The molecule has 0 atom stereocenters. The normalized spacial score (nSPS) is 15.1. The van der Waals surface area contributed by atoms with Crippen molar-refractivity contribution in [2.75, 3.05) is 4.90 Å². The van der Waals surface area contributed by atoms with Crippen LogP contribution in [0.15, 0.2) is 305 Å². The van der Waals surface area contributed by atoms with Crippen LogP contribution in [-0.2, 0) is 16.2 Å².